The third kappa shape index (κ3) is 11.2. The lowest BCUT2D eigenvalue weighted by molar-refractivity contribution is -0.141. The molecule has 0 aliphatic carbocycles. The maximum absolute atomic E-state index is 13.0. The molecule has 0 saturated heterocycles. The zero-order valence-corrected chi connectivity index (χ0v) is 26.1. The van der Waals surface area contributed by atoms with Crippen LogP contribution < -0.4 is 26.2 Å². The molecule has 46 heavy (non-hydrogen) atoms. The fourth-order valence-electron chi connectivity index (χ4n) is 4.80. The Bertz CT molecular complexity index is 1370. The lowest BCUT2D eigenvalue weighted by Crippen LogP contribution is -2.44. The number of carbonyl (C=O) groups excluding carboxylic acids is 4. The van der Waals surface area contributed by atoms with Gasteiger partial charge in [0.1, 0.15) is 17.6 Å². The highest BCUT2D eigenvalue weighted by Gasteiger charge is 2.32. The van der Waals surface area contributed by atoms with E-state index < -0.39 is 59.9 Å². The van der Waals surface area contributed by atoms with Gasteiger partial charge < -0.3 is 35.3 Å². The average molecular weight is 647 g/mol. The van der Waals surface area contributed by atoms with E-state index in [4.69, 9.17) is 19.5 Å². The summed E-state index contributed by atoms with van der Waals surface area (Å²) in [6.45, 7) is 5.47. The van der Waals surface area contributed by atoms with Crippen LogP contribution in [0, 0.1) is 11.8 Å². The summed E-state index contributed by atoms with van der Waals surface area (Å²) in [5.41, 5.74) is 1.97. The summed E-state index contributed by atoms with van der Waals surface area (Å²) in [7, 11) is 0. The zero-order chi connectivity index (χ0) is 34.2. The summed E-state index contributed by atoms with van der Waals surface area (Å²) in [5.74, 6) is -6.24. The first-order chi connectivity index (χ1) is 21.9. The smallest absolute Gasteiger partial charge is 0.326 e. The van der Waals surface area contributed by atoms with Crippen LogP contribution in [0.2, 0.25) is 0 Å². The van der Waals surface area contributed by atoms with Crippen molar-refractivity contribution < 1.29 is 53.3 Å². The topological polar surface area (TPSA) is 234 Å². The van der Waals surface area contributed by atoms with Gasteiger partial charge in [0, 0.05) is 23.5 Å². The van der Waals surface area contributed by atoms with E-state index in [1.807, 2.05) is 6.92 Å². The molecule has 0 radical (unpaired) electrons. The van der Waals surface area contributed by atoms with Crippen molar-refractivity contribution in [3.05, 3.63) is 41.7 Å². The van der Waals surface area contributed by atoms with Crippen molar-refractivity contribution in [2.45, 2.75) is 71.8 Å². The van der Waals surface area contributed by atoms with Crippen LogP contribution in [-0.2, 0) is 19.2 Å². The predicted octanol–water partition coefficient (Wildman–Crippen LogP) is 2.92. The molecule has 0 bridgehead atoms. The van der Waals surface area contributed by atoms with Crippen LogP contribution in [0.5, 0.6) is 5.75 Å². The molecule has 1 aromatic carbocycles. The Morgan fingerprint density at radius 1 is 0.870 bits per heavy atom. The van der Waals surface area contributed by atoms with Crippen molar-refractivity contribution in [3.63, 3.8) is 0 Å². The van der Waals surface area contributed by atoms with Gasteiger partial charge in [0.25, 0.3) is 11.8 Å². The average Bonchev–Trinajstić information content (AvgIpc) is 3.53. The first kappa shape index (κ1) is 37.3. The number of amides is 4. The van der Waals surface area contributed by atoms with Crippen LogP contribution in [0.4, 0.5) is 0 Å². The molecule has 4 amide bonds. The molecular weight excluding hydrogens is 604 g/mol. The van der Waals surface area contributed by atoms with Crippen molar-refractivity contribution in [1.29, 1.82) is 0 Å². The quantitative estimate of drug-likeness (QED) is 0.0478. The number of unbranched alkanes of at least 4 members (excludes halogenated alkanes) is 2. The number of hydrogen-bond acceptors (Lipinski definition) is 9. The van der Waals surface area contributed by atoms with Crippen LogP contribution in [0.25, 0.3) is 11.3 Å². The minimum Gasteiger partial charge on any atom is -0.494 e. The second kappa shape index (κ2) is 18.8. The number of hydroxylamine groups is 1. The first-order valence-corrected chi connectivity index (χ1v) is 15.1. The SMILES string of the molecule is CCCCC[C@@H](C(=O)NCNC(=O)c1ccc(-c2cc(OCC)cc(C(=O)N[C@@H](CCC(=O)O)C(=O)O)c2)o1)[C@@H](CC)C(=O)NO. The molecule has 2 aromatic rings. The van der Waals surface area contributed by atoms with Crippen LogP contribution in [0.3, 0.4) is 0 Å². The maximum atomic E-state index is 13.0. The number of carbonyl (C=O) groups is 6. The Kier molecular flexibility index (Phi) is 15.2. The molecule has 1 aromatic heterocycles. The summed E-state index contributed by atoms with van der Waals surface area (Å²) >= 11 is 0. The van der Waals surface area contributed by atoms with Gasteiger partial charge in [0.2, 0.25) is 11.8 Å². The molecule has 1 heterocycles. The Hall–Kier alpha value is -4.92. The van der Waals surface area contributed by atoms with Crippen molar-refractivity contribution in [2.75, 3.05) is 13.3 Å². The molecule has 0 fully saturated rings. The third-order valence-corrected chi connectivity index (χ3v) is 7.18. The van der Waals surface area contributed by atoms with Gasteiger partial charge in [-0.2, -0.15) is 0 Å². The van der Waals surface area contributed by atoms with E-state index in [1.165, 1.54) is 24.3 Å². The summed E-state index contributed by atoms with van der Waals surface area (Å²) in [6, 6.07) is 5.79. The molecule has 0 aliphatic heterocycles. The minimum atomic E-state index is -1.44. The second-order valence-electron chi connectivity index (χ2n) is 10.5. The van der Waals surface area contributed by atoms with E-state index in [-0.39, 0.29) is 42.5 Å². The molecule has 0 spiro atoms. The molecule has 15 nitrogen and oxygen atoms in total. The van der Waals surface area contributed by atoms with Crippen LogP contribution in [0.1, 0.15) is 86.6 Å². The Morgan fingerprint density at radius 2 is 1.61 bits per heavy atom. The second-order valence-corrected chi connectivity index (χ2v) is 10.5. The maximum Gasteiger partial charge on any atom is 0.326 e. The fourth-order valence-corrected chi connectivity index (χ4v) is 4.80. The van der Waals surface area contributed by atoms with Gasteiger partial charge in [0.05, 0.1) is 19.2 Å². The van der Waals surface area contributed by atoms with E-state index in [1.54, 1.807) is 25.4 Å². The molecule has 15 heteroatoms. The highest BCUT2D eigenvalue weighted by Crippen LogP contribution is 2.28. The number of ether oxygens (including phenoxy) is 1. The number of carboxylic acids is 2. The van der Waals surface area contributed by atoms with Gasteiger partial charge in [-0.15, -0.1) is 0 Å². The summed E-state index contributed by atoms with van der Waals surface area (Å²) in [5, 5.41) is 34.8. The molecule has 2 rings (SSSR count). The molecule has 7 N–H and O–H groups in total. The number of furan rings is 1. The van der Waals surface area contributed by atoms with Crippen molar-refractivity contribution >= 4 is 35.6 Å². The lowest BCUT2D eigenvalue weighted by Gasteiger charge is -2.24. The number of rotatable bonds is 20. The summed E-state index contributed by atoms with van der Waals surface area (Å²) in [4.78, 5) is 73.3. The predicted molar refractivity (Wildman–Crippen MR) is 163 cm³/mol. The Labute approximate surface area is 266 Å². The van der Waals surface area contributed by atoms with Crippen LogP contribution >= 0.6 is 0 Å². The monoisotopic (exact) mass is 646 g/mol. The van der Waals surface area contributed by atoms with Gasteiger partial charge in [-0.05, 0) is 56.5 Å². The van der Waals surface area contributed by atoms with Gasteiger partial charge in [-0.25, -0.2) is 10.3 Å². The molecular formula is C31H42N4O11. The number of benzene rings is 1. The van der Waals surface area contributed by atoms with Gasteiger partial charge in [0.15, 0.2) is 5.76 Å². The number of hydrogen-bond donors (Lipinski definition) is 7. The molecule has 0 aliphatic rings. The molecule has 3 atom stereocenters. The fraction of sp³-hybridized carbons (Fsp3) is 0.484. The van der Waals surface area contributed by atoms with E-state index in [9.17, 15) is 33.9 Å². The summed E-state index contributed by atoms with van der Waals surface area (Å²) < 4.78 is 11.2. The summed E-state index contributed by atoms with van der Waals surface area (Å²) in [6.07, 6.45) is 2.49. The van der Waals surface area contributed by atoms with Crippen molar-refractivity contribution in [3.8, 4) is 17.1 Å². The highest BCUT2D eigenvalue weighted by molar-refractivity contribution is 5.98. The van der Waals surface area contributed by atoms with Crippen LogP contribution in [-0.4, -0.2) is 70.3 Å². The van der Waals surface area contributed by atoms with Gasteiger partial charge in [-0.1, -0.05) is 33.1 Å². The van der Waals surface area contributed by atoms with E-state index >= 15 is 0 Å². The van der Waals surface area contributed by atoms with Crippen LogP contribution in [0.15, 0.2) is 34.7 Å². The highest BCUT2D eigenvalue weighted by atomic mass is 16.5. The number of carboxylic acid groups (broad SMARTS) is 2. The number of aliphatic carboxylic acids is 2. The van der Waals surface area contributed by atoms with Gasteiger partial charge in [-0.3, -0.25) is 29.2 Å². The number of nitrogens with one attached hydrogen (secondary N) is 4. The van der Waals surface area contributed by atoms with E-state index in [0.29, 0.717) is 24.8 Å². The lowest BCUT2D eigenvalue weighted by atomic mass is 9.84. The molecule has 0 saturated carbocycles. The van der Waals surface area contributed by atoms with E-state index in [2.05, 4.69) is 16.0 Å². The van der Waals surface area contributed by atoms with E-state index in [0.717, 1.165) is 12.8 Å². The van der Waals surface area contributed by atoms with Crippen molar-refractivity contribution in [1.82, 2.24) is 21.4 Å². The molecule has 252 valence electrons. The van der Waals surface area contributed by atoms with Crippen molar-refractivity contribution in [2.24, 2.45) is 11.8 Å². The Morgan fingerprint density at radius 3 is 2.22 bits per heavy atom. The zero-order valence-electron chi connectivity index (χ0n) is 26.1. The first-order valence-electron chi connectivity index (χ1n) is 15.1. The third-order valence-electron chi connectivity index (χ3n) is 7.18. The minimum absolute atomic E-state index is 0.0152. The standard InChI is InChI=1S/C31H42N4O11/c1-4-7-8-9-22(21(5-2)29(40)35-44)28(39)32-17-33-30(41)25-12-11-24(46-25)18-14-19(16-20(15-18)45-6-3)27(38)34-23(31(42)43)10-13-26(36)37/h11-12,14-16,21-23,44H,4-10,13,17H2,1-3H3,(H,32,39)(H,33,41)(H,34,38)(H,35,40)(H,36,37)(H,42,43)/t21-,22-,23+/m1/s1. The van der Waals surface area contributed by atoms with Gasteiger partial charge >= 0.3 is 11.9 Å². The normalized spacial score (nSPS) is 12.7. The Balaban J connectivity index is 2.15. The largest absolute Gasteiger partial charge is 0.494 e. The molecule has 0 unspecified atom stereocenters.